The molecule has 4 nitrogen and oxygen atoms in total. The molecule has 1 fully saturated rings. The molecule has 0 spiro atoms. The number of hydrogen-bond donors (Lipinski definition) is 0. The number of sulfonamides is 1. The minimum absolute atomic E-state index is 0.397. The van der Waals surface area contributed by atoms with Crippen molar-refractivity contribution in [2.75, 3.05) is 19.7 Å². The zero-order valence-electron chi connectivity index (χ0n) is 13.9. The van der Waals surface area contributed by atoms with Crippen molar-refractivity contribution >= 4 is 10.0 Å². The SMILES string of the molecule is Cc1ccccc1S(=O)(=O)N1CCC(COc2ccccc2)CC1. The smallest absolute Gasteiger partial charge is 0.243 e. The lowest BCUT2D eigenvalue weighted by molar-refractivity contribution is 0.185. The van der Waals surface area contributed by atoms with Crippen LogP contribution in [-0.4, -0.2) is 32.4 Å². The van der Waals surface area contributed by atoms with Gasteiger partial charge in [0, 0.05) is 13.1 Å². The monoisotopic (exact) mass is 345 g/mol. The predicted octanol–water partition coefficient (Wildman–Crippen LogP) is 3.47. The Bertz CT molecular complexity index is 766. The molecule has 0 aliphatic carbocycles. The Kier molecular flexibility index (Phi) is 5.21. The summed E-state index contributed by atoms with van der Waals surface area (Å²) < 4.78 is 33.0. The zero-order chi connectivity index (χ0) is 17.0. The number of rotatable bonds is 5. The highest BCUT2D eigenvalue weighted by Crippen LogP contribution is 2.26. The van der Waals surface area contributed by atoms with Crippen LogP contribution in [0.15, 0.2) is 59.5 Å². The Labute approximate surface area is 144 Å². The minimum atomic E-state index is -3.39. The van der Waals surface area contributed by atoms with Crippen LogP contribution in [0.25, 0.3) is 0 Å². The second-order valence-corrected chi connectivity index (χ2v) is 8.14. The van der Waals surface area contributed by atoms with E-state index in [4.69, 9.17) is 4.74 Å². The molecule has 1 heterocycles. The van der Waals surface area contributed by atoms with Crippen molar-refractivity contribution in [2.45, 2.75) is 24.7 Å². The van der Waals surface area contributed by atoms with Gasteiger partial charge in [-0.1, -0.05) is 36.4 Å². The number of nitrogens with zero attached hydrogens (tertiary/aromatic N) is 1. The number of ether oxygens (including phenoxy) is 1. The molecule has 0 aromatic heterocycles. The molecule has 0 amide bonds. The summed E-state index contributed by atoms with van der Waals surface area (Å²) in [6, 6.07) is 16.9. The van der Waals surface area contributed by atoms with Gasteiger partial charge in [0.1, 0.15) is 5.75 Å². The van der Waals surface area contributed by atoms with Crippen LogP contribution in [0.5, 0.6) is 5.75 Å². The molecule has 0 atom stereocenters. The first kappa shape index (κ1) is 17.0. The van der Waals surface area contributed by atoms with Gasteiger partial charge < -0.3 is 4.74 Å². The fourth-order valence-corrected chi connectivity index (χ4v) is 4.73. The van der Waals surface area contributed by atoms with Gasteiger partial charge in [-0.05, 0) is 49.4 Å². The molecular formula is C19H23NO3S. The lowest BCUT2D eigenvalue weighted by Crippen LogP contribution is -2.39. The van der Waals surface area contributed by atoms with Crippen molar-refractivity contribution in [1.82, 2.24) is 4.31 Å². The standard InChI is InChI=1S/C19H23NO3S/c1-16-7-5-6-10-19(16)24(21,22)20-13-11-17(12-14-20)15-23-18-8-3-2-4-9-18/h2-10,17H,11-15H2,1H3. The Balaban J connectivity index is 1.58. The summed E-state index contributed by atoms with van der Waals surface area (Å²) in [5.41, 5.74) is 0.798. The van der Waals surface area contributed by atoms with Gasteiger partial charge in [0.15, 0.2) is 0 Å². The molecule has 3 rings (SSSR count). The van der Waals surface area contributed by atoms with Crippen LogP contribution >= 0.6 is 0 Å². The zero-order valence-corrected chi connectivity index (χ0v) is 14.7. The Morgan fingerprint density at radius 1 is 1.00 bits per heavy atom. The third kappa shape index (κ3) is 3.79. The van der Waals surface area contributed by atoms with Crippen molar-refractivity contribution in [3.05, 3.63) is 60.2 Å². The quantitative estimate of drug-likeness (QED) is 0.833. The average molecular weight is 345 g/mol. The molecule has 1 aliphatic rings. The molecule has 5 heteroatoms. The van der Waals surface area contributed by atoms with Gasteiger partial charge in [0.2, 0.25) is 10.0 Å². The average Bonchev–Trinajstić information content (AvgIpc) is 2.61. The summed E-state index contributed by atoms with van der Waals surface area (Å²) in [5, 5.41) is 0. The third-order valence-electron chi connectivity index (χ3n) is 4.51. The molecule has 0 unspecified atom stereocenters. The van der Waals surface area contributed by atoms with Gasteiger partial charge in [0.05, 0.1) is 11.5 Å². The third-order valence-corrected chi connectivity index (χ3v) is 6.57. The van der Waals surface area contributed by atoms with Gasteiger partial charge in [0.25, 0.3) is 0 Å². The van der Waals surface area contributed by atoms with E-state index >= 15 is 0 Å². The van der Waals surface area contributed by atoms with Crippen LogP contribution in [-0.2, 0) is 10.0 Å². The van der Waals surface area contributed by atoms with Gasteiger partial charge in [-0.15, -0.1) is 0 Å². The number of piperidine rings is 1. The molecule has 0 saturated carbocycles. The van der Waals surface area contributed by atoms with Crippen molar-refractivity contribution in [3.63, 3.8) is 0 Å². The Morgan fingerprint density at radius 2 is 1.62 bits per heavy atom. The van der Waals surface area contributed by atoms with Crippen molar-refractivity contribution in [2.24, 2.45) is 5.92 Å². The Hall–Kier alpha value is -1.85. The van der Waals surface area contributed by atoms with E-state index in [1.165, 1.54) is 0 Å². The number of para-hydroxylation sites is 1. The fourth-order valence-electron chi connectivity index (χ4n) is 3.03. The van der Waals surface area contributed by atoms with Crippen LogP contribution in [0.4, 0.5) is 0 Å². The van der Waals surface area contributed by atoms with Crippen molar-refractivity contribution in [1.29, 1.82) is 0 Å². The largest absolute Gasteiger partial charge is 0.493 e. The van der Waals surface area contributed by atoms with E-state index in [1.54, 1.807) is 16.4 Å². The highest BCUT2D eigenvalue weighted by Gasteiger charge is 2.30. The summed E-state index contributed by atoms with van der Waals surface area (Å²) in [4.78, 5) is 0.420. The highest BCUT2D eigenvalue weighted by molar-refractivity contribution is 7.89. The van der Waals surface area contributed by atoms with Crippen LogP contribution in [0, 0.1) is 12.8 Å². The molecule has 0 N–H and O–H groups in total. The molecule has 24 heavy (non-hydrogen) atoms. The maximum Gasteiger partial charge on any atom is 0.243 e. The van der Waals surface area contributed by atoms with Gasteiger partial charge >= 0.3 is 0 Å². The van der Waals surface area contributed by atoms with Crippen molar-refractivity contribution in [3.8, 4) is 5.75 Å². The molecule has 1 saturated heterocycles. The molecule has 2 aromatic carbocycles. The summed E-state index contributed by atoms with van der Waals surface area (Å²) in [5.74, 6) is 1.26. The molecule has 128 valence electrons. The predicted molar refractivity (Wildman–Crippen MR) is 94.6 cm³/mol. The summed E-state index contributed by atoms with van der Waals surface area (Å²) in [6.07, 6.45) is 1.66. The molecule has 0 bridgehead atoms. The first-order valence-electron chi connectivity index (χ1n) is 8.31. The van der Waals surface area contributed by atoms with E-state index in [0.29, 0.717) is 30.5 Å². The molecule has 1 aliphatic heterocycles. The molecular weight excluding hydrogens is 322 g/mol. The summed E-state index contributed by atoms with van der Waals surface area (Å²) >= 11 is 0. The second kappa shape index (κ2) is 7.36. The normalized spacial score (nSPS) is 16.9. The first-order valence-corrected chi connectivity index (χ1v) is 9.75. The Morgan fingerprint density at radius 3 is 2.29 bits per heavy atom. The summed E-state index contributed by atoms with van der Waals surface area (Å²) in [7, 11) is -3.39. The summed E-state index contributed by atoms with van der Waals surface area (Å²) in [6.45, 7) is 3.59. The lowest BCUT2D eigenvalue weighted by Gasteiger charge is -2.31. The van der Waals surface area contributed by atoms with E-state index in [9.17, 15) is 8.42 Å². The maximum atomic E-state index is 12.8. The highest BCUT2D eigenvalue weighted by atomic mass is 32.2. The minimum Gasteiger partial charge on any atom is -0.493 e. The van der Waals surface area contributed by atoms with E-state index in [1.807, 2.05) is 49.4 Å². The number of benzene rings is 2. The van der Waals surface area contributed by atoms with Crippen molar-refractivity contribution < 1.29 is 13.2 Å². The number of aryl methyl sites for hydroxylation is 1. The van der Waals surface area contributed by atoms with E-state index in [0.717, 1.165) is 24.2 Å². The van der Waals surface area contributed by atoms with Gasteiger partial charge in [-0.3, -0.25) is 0 Å². The van der Waals surface area contributed by atoms with Crippen LogP contribution in [0.2, 0.25) is 0 Å². The molecule has 2 aromatic rings. The molecule has 0 radical (unpaired) electrons. The topological polar surface area (TPSA) is 46.6 Å². The van der Waals surface area contributed by atoms with Crippen LogP contribution in [0.3, 0.4) is 0 Å². The number of hydrogen-bond acceptors (Lipinski definition) is 3. The fraction of sp³-hybridized carbons (Fsp3) is 0.368. The maximum absolute atomic E-state index is 12.8. The van der Waals surface area contributed by atoms with Crippen LogP contribution < -0.4 is 4.74 Å². The first-order chi connectivity index (χ1) is 11.6. The van der Waals surface area contributed by atoms with Gasteiger partial charge in [-0.2, -0.15) is 4.31 Å². The van der Waals surface area contributed by atoms with Gasteiger partial charge in [-0.25, -0.2) is 8.42 Å². The van der Waals surface area contributed by atoms with Crippen LogP contribution in [0.1, 0.15) is 18.4 Å². The second-order valence-electron chi connectivity index (χ2n) is 6.24. The van der Waals surface area contributed by atoms with E-state index < -0.39 is 10.0 Å². The van der Waals surface area contributed by atoms with E-state index in [2.05, 4.69) is 0 Å². The van der Waals surface area contributed by atoms with E-state index in [-0.39, 0.29) is 0 Å². The lowest BCUT2D eigenvalue weighted by atomic mass is 9.99.